The molecule has 152 valence electrons. The Kier molecular flexibility index (Phi) is 6.15. The van der Waals surface area contributed by atoms with Gasteiger partial charge in [0.15, 0.2) is 0 Å². The Bertz CT molecular complexity index is 1050. The van der Waals surface area contributed by atoms with Crippen LogP contribution in [0, 0.1) is 18.3 Å². The molecule has 1 aliphatic rings. The predicted octanol–water partition coefficient (Wildman–Crippen LogP) is 1.52. The monoisotopic (exact) mass is 413 g/mol. The van der Waals surface area contributed by atoms with Gasteiger partial charge in [-0.15, -0.1) is 0 Å². The molecule has 1 amide bonds. The number of rotatable bonds is 5. The molecule has 9 heteroatoms. The summed E-state index contributed by atoms with van der Waals surface area (Å²) in [6.45, 7) is 5.93. The zero-order chi connectivity index (χ0) is 21.0. The molecule has 2 aromatic rings. The summed E-state index contributed by atoms with van der Waals surface area (Å²) >= 11 is 0. The molecule has 0 aliphatic carbocycles. The zero-order valence-electron chi connectivity index (χ0n) is 16.4. The van der Waals surface area contributed by atoms with E-state index in [2.05, 4.69) is 15.8 Å². The van der Waals surface area contributed by atoms with E-state index in [1.165, 1.54) is 12.1 Å². The number of benzene rings is 1. The molecule has 0 radical (unpaired) electrons. The van der Waals surface area contributed by atoms with Crippen LogP contribution in [0.1, 0.15) is 28.4 Å². The van der Waals surface area contributed by atoms with Crippen molar-refractivity contribution in [2.24, 2.45) is 0 Å². The lowest BCUT2D eigenvalue weighted by Gasteiger charge is -2.35. The first-order valence-electron chi connectivity index (χ1n) is 9.36. The van der Waals surface area contributed by atoms with E-state index >= 15 is 0 Å². The smallest absolute Gasteiger partial charge is 0.254 e. The van der Waals surface area contributed by atoms with Crippen LogP contribution in [-0.4, -0.2) is 56.9 Å². The summed E-state index contributed by atoms with van der Waals surface area (Å²) in [7, 11) is -3.63. The molecule has 0 saturated carbocycles. The number of amides is 1. The van der Waals surface area contributed by atoms with E-state index in [-0.39, 0.29) is 17.3 Å². The number of nitriles is 1. The summed E-state index contributed by atoms with van der Waals surface area (Å²) in [5.41, 5.74) is 1.67. The van der Waals surface area contributed by atoms with Gasteiger partial charge in [-0.25, -0.2) is 18.1 Å². The minimum absolute atomic E-state index is 0.0875. The van der Waals surface area contributed by atoms with Crippen molar-refractivity contribution in [3.8, 4) is 6.07 Å². The lowest BCUT2D eigenvalue weighted by Crippen LogP contribution is -2.49. The molecule has 1 aliphatic heterocycles. The fraction of sp³-hybridized carbons (Fsp3) is 0.350. The normalized spacial score (nSPS) is 14.5. The Morgan fingerprint density at radius 1 is 1.21 bits per heavy atom. The average molecular weight is 414 g/mol. The van der Waals surface area contributed by atoms with Gasteiger partial charge >= 0.3 is 0 Å². The maximum absolute atomic E-state index is 13.0. The van der Waals surface area contributed by atoms with Gasteiger partial charge in [0.25, 0.3) is 5.91 Å². The molecule has 1 aromatic heterocycles. The first-order valence-corrected chi connectivity index (χ1v) is 10.8. The number of carbonyl (C=O) groups excluding carboxylic acids is 1. The van der Waals surface area contributed by atoms with Crippen molar-refractivity contribution < 1.29 is 13.2 Å². The highest BCUT2D eigenvalue weighted by molar-refractivity contribution is 7.89. The predicted molar refractivity (Wildman–Crippen MR) is 109 cm³/mol. The molecule has 0 unspecified atom stereocenters. The number of nitrogens with zero attached hydrogens (tertiary/aromatic N) is 4. The highest BCUT2D eigenvalue weighted by atomic mass is 32.2. The van der Waals surface area contributed by atoms with E-state index in [4.69, 9.17) is 5.26 Å². The molecule has 0 atom stereocenters. The van der Waals surface area contributed by atoms with Crippen LogP contribution in [0.2, 0.25) is 0 Å². The third-order valence-corrected chi connectivity index (χ3v) is 6.39. The molecule has 29 heavy (non-hydrogen) atoms. The van der Waals surface area contributed by atoms with Gasteiger partial charge in [0, 0.05) is 44.5 Å². The summed E-state index contributed by atoms with van der Waals surface area (Å²) < 4.78 is 27.0. The van der Waals surface area contributed by atoms with E-state index in [0.717, 1.165) is 5.56 Å². The molecule has 1 N–H and O–H groups in total. The second-order valence-electron chi connectivity index (χ2n) is 6.77. The number of nitrogens with one attached hydrogen (secondary N) is 1. The number of piperazine rings is 1. The van der Waals surface area contributed by atoms with Crippen LogP contribution in [-0.2, 0) is 10.0 Å². The largest absolute Gasteiger partial charge is 0.353 e. The summed E-state index contributed by atoms with van der Waals surface area (Å²) in [6, 6.07) is 10.1. The second-order valence-corrected chi connectivity index (χ2v) is 8.54. The molecule has 1 saturated heterocycles. The third kappa shape index (κ3) is 4.55. The van der Waals surface area contributed by atoms with Gasteiger partial charge in [-0.1, -0.05) is 13.0 Å². The Labute approximate surface area is 170 Å². The molecular formula is C20H23N5O3S. The van der Waals surface area contributed by atoms with Gasteiger partial charge in [-0.2, -0.15) is 5.26 Å². The summed E-state index contributed by atoms with van der Waals surface area (Å²) in [5, 5.41) is 9.04. The zero-order valence-corrected chi connectivity index (χ0v) is 17.2. The maximum Gasteiger partial charge on any atom is 0.254 e. The standard InChI is InChI=1S/C20H23N5O3S/c1-3-23-29(27,28)17-5-4-15(2)18(13-17)20(26)25-10-8-24(9-11-25)19-12-16(14-21)6-7-22-19/h4-7,12-13,23H,3,8-11H2,1-2H3. The number of aryl methyl sites for hydroxylation is 1. The second kappa shape index (κ2) is 8.59. The molecule has 3 rings (SSSR count). The molecule has 0 bridgehead atoms. The molecule has 1 aromatic carbocycles. The van der Waals surface area contributed by atoms with E-state index in [1.807, 2.05) is 4.90 Å². The third-order valence-electron chi connectivity index (χ3n) is 4.85. The number of pyridine rings is 1. The van der Waals surface area contributed by atoms with Crippen LogP contribution in [0.4, 0.5) is 5.82 Å². The molecule has 0 spiro atoms. The van der Waals surface area contributed by atoms with Crippen molar-refractivity contribution in [3.05, 3.63) is 53.2 Å². The fourth-order valence-corrected chi connectivity index (χ4v) is 4.31. The SMILES string of the molecule is CCNS(=O)(=O)c1ccc(C)c(C(=O)N2CCN(c3cc(C#N)ccn3)CC2)c1. The van der Waals surface area contributed by atoms with Crippen molar-refractivity contribution >= 4 is 21.7 Å². The summed E-state index contributed by atoms with van der Waals surface area (Å²) in [4.78, 5) is 21.2. The number of hydrogen-bond donors (Lipinski definition) is 1. The van der Waals surface area contributed by atoms with Gasteiger partial charge in [0.1, 0.15) is 5.82 Å². The Morgan fingerprint density at radius 3 is 2.59 bits per heavy atom. The minimum atomic E-state index is -3.63. The summed E-state index contributed by atoms with van der Waals surface area (Å²) in [5.74, 6) is 0.528. The molecule has 1 fully saturated rings. The molecular weight excluding hydrogens is 390 g/mol. The van der Waals surface area contributed by atoms with Gasteiger partial charge in [0.05, 0.1) is 16.5 Å². The Hall–Kier alpha value is -2.96. The van der Waals surface area contributed by atoms with Crippen LogP contribution in [0.25, 0.3) is 0 Å². The van der Waals surface area contributed by atoms with Crippen LogP contribution < -0.4 is 9.62 Å². The fourth-order valence-electron chi connectivity index (χ4n) is 3.24. The Morgan fingerprint density at radius 2 is 1.93 bits per heavy atom. The number of sulfonamides is 1. The van der Waals surface area contributed by atoms with Gasteiger partial charge in [-0.3, -0.25) is 4.79 Å². The van der Waals surface area contributed by atoms with Crippen LogP contribution >= 0.6 is 0 Å². The molecule has 2 heterocycles. The van der Waals surface area contributed by atoms with Crippen molar-refractivity contribution in [3.63, 3.8) is 0 Å². The quantitative estimate of drug-likeness (QED) is 0.797. The van der Waals surface area contributed by atoms with Crippen molar-refractivity contribution in [1.29, 1.82) is 5.26 Å². The van der Waals surface area contributed by atoms with Crippen LogP contribution in [0.5, 0.6) is 0 Å². The van der Waals surface area contributed by atoms with E-state index in [1.54, 1.807) is 43.1 Å². The summed E-state index contributed by atoms with van der Waals surface area (Å²) in [6.07, 6.45) is 1.60. The first kappa shape index (κ1) is 20.8. The number of carbonyl (C=O) groups is 1. The highest BCUT2D eigenvalue weighted by Crippen LogP contribution is 2.20. The lowest BCUT2D eigenvalue weighted by molar-refractivity contribution is 0.0745. The first-order chi connectivity index (χ1) is 13.9. The lowest BCUT2D eigenvalue weighted by atomic mass is 10.1. The van der Waals surface area contributed by atoms with Crippen molar-refractivity contribution in [2.75, 3.05) is 37.6 Å². The van der Waals surface area contributed by atoms with Crippen LogP contribution in [0.15, 0.2) is 41.4 Å². The van der Waals surface area contributed by atoms with Crippen molar-refractivity contribution in [1.82, 2.24) is 14.6 Å². The van der Waals surface area contributed by atoms with Gasteiger partial charge in [-0.05, 0) is 36.8 Å². The minimum Gasteiger partial charge on any atom is -0.353 e. The van der Waals surface area contributed by atoms with E-state index < -0.39 is 10.0 Å². The number of hydrogen-bond acceptors (Lipinski definition) is 6. The van der Waals surface area contributed by atoms with Crippen molar-refractivity contribution in [2.45, 2.75) is 18.7 Å². The Balaban J connectivity index is 1.75. The highest BCUT2D eigenvalue weighted by Gasteiger charge is 2.25. The van der Waals surface area contributed by atoms with Gasteiger partial charge < -0.3 is 9.80 Å². The molecule has 8 nitrogen and oxygen atoms in total. The number of anilines is 1. The topological polar surface area (TPSA) is 106 Å². The van der Waals surface area contributed by atoms with E-state index in [0.29, 0.717) is 43.1 Å². The average Bonchev–Trinajstić information content (AvgIpc) is 2.73. The van der Waals surface area contributed by atoms with E-state index in [9.17, 15) is 13.2 Å². The maximum atomic E-state index is 13.0. The van der Waals surface area contributed by atoms with Crippen LogP contribution in [0.3, 0.4) is 0 Å². The van der Waals surface area contributed by atoms with Gasteiger partial charge in [0.2, 0.25) is 10.0 Å². The number of aromatic nitrogens is 1.